The first-order valence-electron chi connectivity index (χ1n) is 8.72. The van der Waals surface area contributed by atoms with E-state index in [1.54, 1.807) is 31.6 Å². The normalized spacial score (nSPS) is 11.4. The van der Waals surface area contributed by atoms with Crippen molar-refractivity contribution < 1.29 is 13.2 Å². The number of nitrogens with zero attached hydrogens (tertiary/aromatic N) is 3. The molecule has 0 radical (unpaired) electrons. The number of urea groups is 1. The van der Waals surface area contributed by atoms with Crippen molar-refractivity contribution in [3.63, 3.8) is 0 Å². The number of carbonyl (C=O) groups excluding carboxylic acids is 1. The van der Waals surface area contributed by atoms with E-state index in [1.807, 2.05) is 10.8 Å². The van der Waals surface area contributed by atoms with Crippen molar-refractivity contribution >= 4 is 43.9 Å². The smallest absolute Gasteiger partial charge is 0.321 e. The Hall–Kier alpha value is -2.43. The highest BCUT2D eigenvalue weighted by Crippen LogP contribution is 2.35. The summed E-state index contributed by atoms with van der Waals surface area (Å²) in [5.74, 6) is 0. The number of hydrogen-bond acceptors (Lipinski definition) is 6. The van der Waals surface area contributed by atoms with Gasteiger partial charge >= 0.3 is 6.03 Å². The number of thiazole rings is 1. The molecule has 0 spiro atoms. The summed E-state index contributed by atoms with van der Waals surface area (Å²) >= 11 is 7.28. The van der Waals surface area contributed by atoms with E-state index in [1.165, 1.54) is 17.4 Å². The van der Waals surface area contributed by atoms with Crippen molar-refractivity contribution in [2.45, 2.75) is 24.8 Å². The molecule has 2 aromatic heterocycles. The Kier molecular flexibility index (Phi) is 6.56. The van der Waals surface area contributed by atoms with Crippen molar-refractivity contribution in [3.05, 3.63) is 47.6 Å². The van der Waals surface area contributed by atoms with Crippen LogP contribution >= 0.6 is 22.9 Å². The molecule has 0 aliphatic rings. The second-order valence-corrected chi connectivity index (χ2v) is 9.78. The minimum Gasteiger partial charge on any atom is -0.338 e. The molecular weight excluding hydrogens is 434 g/mol. The van der Waals surface area contributed by atoms with Gasteiger partial charge in [0.2, 0.25) is 0 Å². The number of benzene rings is 1. The lowest BCUT2D eigenvalue weighted by Crippen LogP contribution is -2.29. The fourth-order valence-corrected chi connectivity index (χ4v) is 4.93. The summed E-state index contributed by atoms with van der Waals surface area (Å²) < 4.78 is 25.8. The van der Waals surface area contributed by atoms with Crippen LogP contribution in [0.3, 0.4) is 0 Å². The van der Waals surface area contributed by atoms with Gasteiger partial charge in [0.1, 0.15) is 0 Å². The van der Waals surface area contributed by atoms with Crippen molar-refractivity contribution in [2.24, 2.45) is 0 Å². The molecule has 1 aromatic carbocycles. The van der Waals surface area contributed by atoms with E-state index >= 15 is 0 Å². The number of aromatic nitrogens is 3. The third-order valence-electron chi connectivity index (χ3n) is 4.05. The molecule has 0 saturated heterocycles. The molecule has 8 nitrogen and oxygen atoms in total. The fraction of sp³-hybridized carbons (Fsp3) is 0.278. The molecule has 2 amide bonds. The maximum Gasteiger partial charge on any atom is 0.321 e. The van der Waals surface area contributed by atoms with E-state index in [0.29, 0.717) is 22.9 Å². The Morgan fingerprint density at radius 1 is 1.34 bits per heavy atom. The van der Waals surface area contributed by atoms with E-state index in [-0.39, 0.29) is 15.9 Å². The topological polar surface area (TPSA) is 106 Å². The third kappa shape index (κ3) is 5.55. The third-order valence-corrected chi connectivity index (χ3v) is 6.75. The zero-order valence-electron chi connectivity index (χ0n) is 15.8. The van der Waals surface area contributed by atoms with Crippen molar-refractivity contribution in [3.8, 4) is 10.4 Å². The predicted molar refractivity (Wildman–Crippen MR) is 114 cm³/mol. The molecule has 0 atom stereocenters. The van der Waals surface area contributed by atoms with Crippen LogP contribution in [0.4, 0.5) is 9.93 Å². The van der Waals surface area contributed by atoms with Gasteiger partial charge < -0.3 is 9.88 Å². The lowest BCUT2D eigenvalue weighted by Gasteiger charge is -2.06. The second-order valence-electron chi connectivity index (χ2n) is 6.39. The van der Waals surface area contributed by atoms with E-state index in [2.05, 4.69) is 20.6 Å². The van der Waals surface area contributed by atoms with Crippen LogP contribution in [-0.2, 0) is 16.4 Å². The number of rotatable bonds is 7. The first kappa shape index (κ1) is 21.3. The largest absolute Gasteiger partial charge is 0.338 e. The number of halogens is 1. The van der Waals surface area contributed by atoms with Crippen LogP contribution in [-0.4, -0.2) is 41.8 Å². The average Bonchev–Trinajstić information content (AvgIpc) is 3.28. The molecule has 2 N–H and O–H groups in total. The van der Waals surface area contributed by atoms with E-state index < -0.39 is 9.84 Å². The van der Waals surface area contributed by atoms with Crippen LogP contribution < -0.4 is 10.6 Å². The molecule has 0 fully saturated rings. The van der Waals surface area contributed by atoms with Gasteiger partial charge in [-0.05, 0) is 31.0 Å². The molecule has 2 heterocycles. The highest BCUT2D eigenvalue weighted by atomic mass is 35.5. The fourth-order valence-electron chi connectivity index (χ4n) is 2.67. The van der Waals surface area contributed by atoms with Gasteiger partial charge in [-0.2, -0.15) is 0 Å². The van der Waals surface area contributed by atoms with Gasteiger partial charge in [0.25, 0.3) is 0 Å². The minimum atomic E-state index is -3.45. The Labute approximate surface area is 177 Å². The first-order chi connectivity index (χ1) is 13.7. The zero-order chi connectivity index (χ0) is 21.0. The molecule has 154 valence electrons. The monoisotopic (exact) mass is 453 g/mol. The Morgan fingerprint density at radius 2 is 2.14 bits per heavy atom. The maximum absolute atomic E-state index is 12.1. The Morgan fingerprint density at radius 3 is 2.83 bits per heavy atom. The average molecular weight is 454 g/mol. The van der Waals surface area contributed by atoms with Gasteiger partial charge in [-0.3, -0.25) is 5.32 Å². The number of aryl methyl sites for hydroxylation is 2. The molecule has 29 heavy (non-hydrogen) atoms. The van der Waals surface area contributed by atoms with Crippen LogP contribution in [0.1, 0.15) is 12.1 Å². The highest BCUT2D eigenvalue weighted by Gasteiger charge is 2.17. The van der Waals surface area contributed by atoms with Gasteiger partial charge in [0, 0.05) is 31.7 Å². The SMILES string of the molecule is Cc1nc(NC(=O)NCCCn2ccnc2)sc1-c1ccc(Cl)c(S(C)(=O)=O)c1. The van der Waals surface area contributed by atoms with Crippen molar-refractivity contribution in [1.82, 2.24) is 19.9 Å². The van der Waals surface area contributed by atoms with Crippen LogP contribution in [0.5, 0.6) is 0 Å². The molecule has 3 rings (SSSR count). The molecule has 11 heteroatoms. The Balaban J connectivity index is 1.63. The standard InChI is InChI=1S/C18H20ClN5O3S2/c1-12-16(13-4-5-14(19)15(10-13)29(2,26)27)28-18(22-12)23-17(25)21-6-3-8-24-9-7-20-11-24/h4-5,7,9-11H,3,6,8H2,1-2H3,(H2,21,22,23,25). The summed E-state index contributed by atoms with van der Waals surface area (Å²) in [7, 11) is -3.45. The van der Waals surface area contributed by atoms with E-state index in [9.17, 15) is 13.2 Å². The summed E-state index contributed by atoms with van der Waals surface area (Å²) in [6.45, 7) is 3.07. The maximum atomic E-state index is 12.1. The molecule has 0 bridgehead atoms. The van der Waals surface area contributed by atoms with Crippen LogP contribution in [0.25, 0.3) is 10.4 Å². The second kappa shape index (κ2) is 8.93. The van der Waals surface area contributed by atoms with Crippen molar-refractivity contribution in [1.29, 1.82) is 0 Å². The van der Waals surface area contributed by atoms with Gasteiger partial charge in [0.05, 0.1) is 26.8 Å². The number of nitrogens with one attached hydrogen (secondary N) is 2. The Bertz CT molecular complexity index is 1110. The van der Waals surface area contributed by atoms with Crippen LogP contribution in [0, 0.1) is 6.92 Å². The number of anilines is 1. The summed E-state index contributed by atoms with van der Waals surface area (Å²) in [4.78, 5) is 21.2. The number of imidazole rings is 1. The van der Waals surface area contributed by atoms with E-state index in [0.717, 1.165) is 24.1 Å². The van der Waals surface area contributed by atoms with Gasteiger partial charge in [-0.25, -0.2) is 23.2 Å². The molecule has 0 saturated carbocycles. The minimum absolute atomic E-state index is 0.0645. The van der Waals surface area contributed by atoms with Gasteiger partial charge in [-0.15, -0.1) is 0 Å². The summed E-state index contributed by atoms with van der Waals surface area (Å²) in [6, 6.07) is 4.46. The predicted octanol–water partition coefficient (Wildman–Crippen LogP) is 3.58. The van der Waals surface area contributed by atoms with Crippen LogP contribution in [0.15, 0.2) is 41.8 Å². The molecule has 0 aliphatic carbocycles. The van der Waals surface area contributed by atoms with Crippen LogP contribution in [0.2, 0.25) is 5.02 Å². The number of hydrogen-bond donors (Lipinski definition) is 2. The summed E-state index contributed by atoms with van der Waals surface area (Å²) in [5, 5.41) is 6.11. The zero-order valence-corrected chi connectivity index (χ0v) is 18.2. The van der Waals surface area contributed by atoms with E-state index in [4.69, 9.17) is 11.6 Å². The van der Waals surface area contributed by atoms with Crippen molar-refractivity contribution in [2.75, 3.05) is 18.1 Å². The number of carbonyl (C=O) groups is 1. The highest BCUT2D eigenvalue weighted by molar-refractivity contribution is 7.90. The summed E-state index contributed by atoms with van der Waals surface area (Å²) in [5.41, 5.74) is 1.37. The summed E-state index contributed by atoms with van der Waals surface area (Å²) in [6.07, 6.45) is 7.19. The lowest BCUT2D eigenvalue weighted by atomic mass is 10.2. The lowest BCUT2D eigenvalue weighted by molar-refractivity contribution is 0.252. The molecule has 0 aliphatic heterocycles. The molecule has 0 unspecified atom stereocenters. The number of sulfone groups is 1. The van der Waals surface area contributed by atoms with Gasteiger partial charge in [-0.1, -0.05) is 29.0 Å². The molecular formula is C18H20ClN5O3S2. The molecule has 3 aromatic rings. The quantitative estimate of drug-likeness (QED) is 0.532. The number of amides is 2. The van der Waals surface area contributed by atoms with Gasteiger partial charge in [0.15, 0.2) is 15.0 Å². The first-order valence-corrected chi connectivity index (χ1v) is 11.8.